The van der Waals surface area contributed by atoms with Crippen LogP contribution in [0.1, 0.15) is 0 Å². The van der Waals surface area contributed by atoms with E-state index in [1.807, 2.05) is 29.2 Å². The van der Waals surface area contributed by atoms with E-state index < -0.39 is 0 Å². The Kier molecular flexibility index (Phi) is 6.62. The number of carbonyl (C=O) groups is 1. The molecule has 19 heavy (non-hydrogen) atoms. The third-order valence-corrected chi connectivity index (χ3v) is 3.56. The van der Waals surface area contributed by atoms with Crippen LogP contribution in [0.4, 0.5) is 0 Å². The van der Waals surface area contributed by atoms with E-state index in [9.17, 15) is 4.79 Å². The van der Waals surface area contributed by atoms with Gasteiger partial charge in [0.1, 0.15) is 5.75 Å². The zero-order valence-corrected chi connectivity index (χ0v) is 13.2. The third kappa shape index (κ3) is 5.01. The lowest BCUT2D eigenvalue weighted by Crippen LogP contribution is -2.48. The average Bonchev–Trinajstić information content (AvgIpc) is 2.38. The first-order valence-corrected chi connectivity index (χ1v) is 6.79. The van der Waals surface area contributed by atoms with E-state index in [1.165, 1.54) is 0 Å². The van der Waals surface area contributed by atoms with Gasteiger partial charge in [0, 0.05) is 30.7 Å². The second-order valence-electron chi connectivity index (χ2n) is 4.43. The molecule has 1 aliphatic rings. The van der Waals surface area contributed by atoms with Gasteiger partial charge < -0.3 is 14.5 Å². The van der Waals surface area contributed by atoms with Crippen LogP contribution in [0.2, 0.25) is 0 Å². The normalized spacial score (nSPS) is 15.8. The predicted molar refractivity (Wildman–Crippen MR) is 81.0 cm³/mol. The Morgan fingerprint density at radius 1 is 1.21 bits per heavy atom. The maximum absolute atomic E-state index is 11.9. The van der Waals surface area contributed by atoms with Crippen LogP contribution in [0, 0.1) is 0 Å². The highest BCUT2D eigenvalue weighted by atomic mass is 79.9. The lowest BCUT2D eigenvalue weighted by molar-refractivity contribution is -0.134. The van der Waals surface area contributed by atoms with E-state index in [0.29, 0.717) is 0 Å². The molecule has 0 radical (unpaired) electrons. The van der Waals surface area contributed by atoms with Crippen LogP contribution in [-0.4, -0.2) is 55.5 Å². The van der Waals surface area contributed by atoms with Gasteiger partial charge in [0.2, 0.25) is 0 Å². The van der Waals surface area contributed by atoms with Crippen molar-refractivity contribution in [2.45, 2.75) is 0 Å². The van der Waals surface area contributed by atoms with Crippen LogP contribution in [0.15, 0.2) is 28.7 Å². The van der Waals surface area contributed by atoms with Gasteiger partial charge in [0.15, 0.2) is 6.61 Å². The summed E-state index contributed by atoms with van der Waals surface area (Å²) in [6.07, 6.45) is 0. The summed E-state index contributed by atoms with van der Waals surface area (Å²) < 4.78 is 6.48. The van der Waals surface area contributed by atoms with Crippen LogP contribution in [0.5, 0.6) is 5.75 Å². The zero-order chi connectivity index (χ0) is 13.0. The minimum atomic E-state index is 0. The Hall–Kier alpha value is -0.780. The number of nitrogens with zero attached hydrogens (tertiary/aromatic N) is 2. The molecule has 0 saturated carbocycles. The molecule has 0 spiro atoms. The van der Waals surface area contributed by atoms with E-state index in [-0.39, 0.29) is 24.9 Å². The van der Waals surface area contributed by atoms with Crippen molar-refractivity contribution in [3.8, 4) is 5.75 Å². The molecule has 0 atom stereocenters. The minimum absolute atomic E-state index is 0. The van der Waals surface area contributed by atoms with E-state index in [0.717, 1.165) is 36.4 Å². The Morgan fingerprint density at radius 2 is 1.79 bits per heavy atom. The first-order chi connectivity index (χ1) is 8.65. The first-order valence-electron chi connectivity index (χ1n) is 6.00. The molecule has 4 nitrogen and oxygen atoms in total. The molecule has 0 aliphatic carbocycles. The zero-order valence-electron chi connectivity index (χ0n) is 10.8. The van der Waals surface area contributed by atoms with Gasteiger partial charge >= 0.3 is 0 Å². The molecule has 1 aromatic rings. The summed E-state index contributed by atoms with van der Waals surface area (Å²) in [5, 5.41) is 0. The van der Waals surface area contributed by atoms with Crippen molar-refractivity contribution < 1.29 is 9.53 Å². The van der Waals surface area contributed by atoms with Crippen LogP contribution < -0.4 is 4.74 Å². The summed E-state index contributed by atoms with van der Waals surface area (Å²) in [5.41, 5.74) is 0. The number of piperazine rings is 1. The molecule has 0 unspecified atom stereocenters. The monoisotopic (exact) mass is 348 g/mol. The van der Waals surface area contributed by atoms with E-state index in [1.54, 1.807) is 0 Å². The van der Waals surface area contributed by atoms with Crippen molar-refractivity contribution >= 4 is 34.2 Å². The number of halogens is 2. The summed E-state index contributed by atoms with van der Waals surface area (Å²) in [6, 6.07) is 7.49. The number of ether oxygens (including phenoxy) is 1. The second kappa shape index (κ2) is 7.72. The van der Waals surface area contributed by atoms with Gasteiger partial charge in [0.05, 0.1) is 0 Å². The number of carbonyl (C=O) groups excluding carboxylic acids is 1. The number of hydrogen-bond acceptors (Lipinski definition) is 3. The third-order valence-electron chi connectivity index (χ3n) is 3.03. The molecule has 1 aliphatic heterocycles. The van der Waals surface area contributed by atoms with Gasteiger partial charge in [-0.25, -0.2) is 0 Å². The Bertz CT molecular complexity index is 406. The first kappa shape index (κ1) is 16.3. The molecule has 0 aromatic heterocycles. The fourth-order valence-corrected chi connectivity index (χ4v) is 2.09. The highest BCUT2D eigenvalue weighted by Crippen LogP contribution is 2.16. The van der Waals surface area contributed by atoms with Gasteiger partial charge in [-0.2, -0.15) is 0 Å². The molecule has 0 bridgehead atoms. The van der Waals surface area contributed by atoms with Gasteiger partial charge in [-0.15, -0.1) is 12.4 Å². The molecule has 2 rings (SSSR count). The molecule has 106 valence electrons. The molecular formula is C13H18BrClN2O2. The second-order valence-corrected chi connectivity index (χ2v) is 5.34. The van der Waals surface area contributed by atoms with Gasteiger partial charge in [-0.05, 0) is 31.3 Å². The highest BCUT2D eigenvalue weighted by molar-refractivity contribution is 9.10. The van der Waals surface area contributed by atoms with Crippen molar-refractivity contribution in [1.29, 1.82) is 0 Å². The number of rotatable bonds is 3. The summed E-state index contributed by atoms with van der Waals surface area (Å²) >= 11 is 3.36. The summed E-state index contributed by atoms with van der Waals surface area (Å²) in [4.78, 5) is 16.0. The van der Waals surface area contributed by atoms with Crippen molar-refractivity contribution in [2.24, 2.45) is 0 Å². The average molecular weight is 350 g/mol. The van der Waals surface area contributed by atoms with Crippen molar-refractivity contribution in [3.63, 3.8) is 0 Å². The molecule has 6 heteroatoms. The number of amides is 1. The van der Waals surface area contributed by atoms with Crippen molar-refractivity contribution in [3.05, 3.63) is 28.7 Å². The Balaban J connectivity index is 0.00000180. The number of hydrogen-bond donors (Lipinski definition) is 0. The Labute approximate surface area is 128 Å². The fraction of sp³-hybridized carbons (Fsp3) is 0.462. The summed E-state index contributed by atoms with van der Waals surface area (Å²) in [5.74, 6) is 0.784. The quantitative estimate of drug-likeness (QED) is 0.837. The maximum Gasteiger partial charge on any atom is 0.260 e. The largest absolute Gasteiger partial charge is 0.484 e. The maximum atomic E-state index is 11.9. The number of likely N-dealkylation sites (N-methyl/N-ethyl adjacent to an activating group) is 1. The van der Waals surface area contributed by atoms with Crippen molar-refractivity contribution in [1.82, 2.24) is 9.80 Å². The summed E-state index contributed by atoms with van der Waals surface area (Å²) in [6.45, 7) is 3.57. The topological polar surface area (TPSA) is 32.8 Å². The molecule has 1 heterocycles. The Morgan fingerprint density at radius 3 is 2.37 bits per heavy atom. The van der Waals surface area contributed by atoms with Crippen LogP contribution in [0.25, 0.3) is 0 Å². The molecular weight excluding hydrogens is 332 g/mol. The molecule has 0 N–H and O–H groups in total. The predicted octanol–water partition coefficient (Wildman–Crippen LogP) is 2.02. The van der Waals surface area contributed by atoms with Gasteiger partial charge in [-0.3, -0.25) is 4.79 Å². The van der Waals surface area contributed by atoms with Gasteiger partial charge in [0.25, 0.3) is 5.91 Å². The summed E-state index contributed by atoms with van der Waals surface area (Å²) in [7, 11) is 2.07. The van der Waals surface area contributed by atoms with Crippen LogP contribution in [0.3, 0.4) is 0 Å². The SMILES string of the molecule is CN1CCN(C(=O)COc2ccc(Br)cc2)CC1.Cl. The lowest BCUT2D eigenvalue weighted by atomic mass is 10.3. The smallest absolute Gasteiger partial charge is 0.260 e. The van der Waals surface area contributed by atoms with E-state index in [2.05, 4.69) is 27.9 Å². The van der Waals surface area contributed by atoms with Crippen molar-refractivity contribution in [2.75, 3.05) is 39.8 Å². The van der Waals surface area contributed by atoms with Gasteiger partial charge in [-0.1, -0.05) is 15.9 Å². The number of benzene rings is 1. The standard InChI is InChI=1S/C13H17BrN2O2.ClH/c1-15-6-8-16(9-7-15)13(17)10-18-12-4-2-11(14)3-5-12;/h2-5H,6-10H2,1H3;1H. The fourth-order valence-electron chi connectivity index (χ4n) is 1.82. The highest BCUT2D eigenvalue weighted by Gasteiger charge is 2.19. The van der Waals surface area contributed by atoms with Crippen LogP contribution in [-0.2, 0) is 4.79 Å². The molecule has 1 aromatic carbocycles. The molecule has 1 amide bonds. The minimum Gasteiger partial charge on any atom is -0.484 e. The van der Waals surface area contributed by atoms with E-state index in [4.69, 9.17) is 4.74 Å². The molecule has 1 fully saturated rings. The lowest BCUT2D eigenvalue weighted by Gasteiger charge is -2.32. The molecule has 1 saturated heterocycles. The van der Waals surface area contributed by atoms with E-state index >= 15 is 0 Å². The van der Waals surface area contributed by atoms with Crippen LogP contribution >= 0.6 is 28.3 Å².